The molecule has 5 nitrogen and oxygen atoms in total. The highest BCUT2D eigenvalue weighted by atomic mass is 16.5. The molecule has 0 amide bonds. The predicted octanol–water partition coefficient (Wildman–Crippen LogP) is 4.93. The van der Waals surface area contributed by atoms with Crippen molar-refractivity contribution in [2.45, 2.75) is 0 Å². The van der Waals surface area contributed by atoms with Crippen molar-refractivity contribution in [3.05, 3.63) is 97.1 Å². The minimum absolute atomic E-state index is 0.0302. The Morgan fingerprint density at radius 2 is 1.23 bits per heavy atom. The van der Waals surface area contributed by atoms with Gasteiger partial charge in [0.05, 0.1) is 0 Å². The van der Waals surface area contributed by atoms with E-state index in [1.807, 2.05) is 84.9 Å². The molecule has 5 aromatic rings. The van der Waals surface area contributed by atoms with Crippen LogP contribution in [0.25, 0.3) is 44.7 Å². The van der Waals surface area contributed by atoms with Crippen molar-refractivity contribution in [3.8, 4) is 39.9 Å². The maximum atomic E-state index is 9.13. The molecular formula is C25H17BN3O2. The molecule has 5 rings (SSSR count). The molecule has 0 aliphatic carbocycles. The zero-order valence-electron chi connectivity index (χ0n) is 16.5. The highest BCUT2D eigenvalue weighted by molar-refractivity contribution is 6.17. The third-order valence-electron chi connectivity index (χ3n) is 5.05. The average Bonchev–Trinajstić information content (AvgIpc) is 2.84. The van der Waals surface area contributed by atoms with Crippen LogP contribution in [0.15, 0.2) is 97.1 Å². The fraction of sp³-hybridized carbons (Fsp3) is 0. The van der Waals surface area contributed by atoms with Gasteiger partial charge < -0.3 is 9.68 Å². The smallest absolute Gasteiger partial charge is 0.508 e. The van der Waals surface area contributed by atoms with Crippen LogP contribution in [0.3, 0.4) is 0 Å². The largest absolute Gasteiger partial charge is 0.571 e. The molecule has 0 aliphatic rings. The summed E-state index contributed by atoms with van der Waals surface area (Å²) in [5.74, 6) is 0.945. The molecule has 147 valence electrons. The van der Waals surface area contributed by atoms with Crippen LogP contribution in [0, 0.1) is 0 Å². The van der Waals surface area contributed by atoms with E-state index in [4.69, 9.17) is 14.7 Å². The number of hydrogen-bond acceptors (Lipinski definition) is 5. The number of fused-ring (bicyclic) bond motifs is 1. The van der Waals surface area contributed by atoms with Crippen LogP contribution >= 0.6 is 0 Å². The van der Waals surface area contributed by atoms with Gasteiger partial charge in [0.25, 0.3) is 0 Å². The number of nitrogens with zero attached hydrogens (tertiary/aromatic N) is 3. The van der Waals surface area contributed by atoms with Crippen molar-refractivity contribution >= 4 is 18.5 Å². The second-order valence-corrected chi connectivity index (χ2v) is 6.96. The predicted molar refractivity (Wildman–Crippen MR) is 122 cm³/mol. The van der Waals surface area contributed by atoms with Gasteiger partial charge in [0.1, 0.15) is 0 Å². The summed E-state index contributed by atoms with van der Waals surface area (Å²) in [6, 6.07) is 32.2. The third kappa shape index (κ3) is 3.89. The number of hydrogen-bond donors (Lipinski definition) is 1. The Balaban J connectivity index is 1.60. The lowest BCUT2D eigenvalue weighted by molar-refractivity contribution is 0.430. The Morgan fingerprint density at radius 3 is 2.03 bits per heavy atom. The molecular weight excluding hydrogens is 385 g/mol. The van der Waals surface area contributed by atoms with Gasteiger partial charge in [-0.1, -0.05) is 97.1 Å². The molecule has 0 fully saturated rings. The molecule has 6 heteroatoms. The van der Waals surface area contributed by atoms with Crippen molar-refractivity contribution in [3.63, 3.8) is 0 Å². The van der Waals surface area contributed by atoms with Gasteiger partial charge in [-0.15, -0.1) is 0 Å². The Labute approximate surface area is 180 Å². The molecule has 0 bridgehead atoms. The Kier molecular flexibility index (Phi) is 5.13. The normalized spacial score (nSPS) is 10.7. The number of benzene rings is 4. The van der Waals surface area contributed by atoms with Crippen molar-refractivity contribution in [2.75, 3.05) is 0 Å². The van der Waals surface area contributed by atoms with Crippen LogP contribution in [-0.2, 0) is 0 Å². The van der Waals surface area contributed by atoms with Crippen LogP contribution < -0.4 is 4.65 Å². The van der Waals surface area contributed by atoms with Gasteiger partial charge >= 0.3 is 13.7 Å². The molecule has 0 aliphatic heterocycles. The van der Waals surface area contributed by atoms with Crippen molar-refractivity contribution in [2.24, 2.45) is 0 Å². The maximum absolute atomic E-state index is 9.13. The van der Waals surface area contributed by atoms with Gasteiger partial charge in [-0.25, -0.2) is 4.98 Å². The average molecular weight is 402 g/mol. The van der Waals surface area contributed by atoms with Gasteiger partial charge in [-0.3, -0.25) is 0 Å². The summed E-state index contributed by atoms with van der Waals surface area (Å²) in [7, 11) is 0.574. The first-order valence-electron chi connectivity index (χ1n) is 9.84. The summed E-state index contributed by atoms with van der Waals surface area (Å²) in [6.45, 7) is 0. The topological polar surface area (TPSA) is 68.1 Å². The van der Waals surface area contributed by atoms with Crippen molar-refractivity contribution in [1.82, 2.24) is 15.0 Å². The summed E-state index contributed by atoms with van der Waals surface area (Å²) < 4.78 is 5.10. The van der Waals surface area contributed by atoms with Gasteiger partial charge in [0.2, 0.25) is 0 Å². The van der Waals surface area contributed by atoms with E-state index in [0.717, 1.165) is 33.0 Å². The van der Waals surface area contributed by atoms with E-state index in [2.05, 4.69) is 22.1 Å². The van der Waals surface area contributed by atoms with Crippen LogP contribution in [0.5, 0.6) is 6.01 Å². The zero-order valence-corrected chi connectivity index (χ0v) is 16.5. The molecule has 1 N–H and O–H groups in total. The summed E-state index contributed by atoms with van der Waals surface area (Å²) in [4.78, 5) is 13.5. The van der Waals surface area contributed by atoms with Crippen molar-refractivity contribution < 1.29 is 9.68 Å². The van der Waals surface area contributed by atoms with Crippen LogP contribution in [0.4, 0.5) is 0 Å². The molecule has 1 heterocycles. The molecule has 0 saturated carbocycles. The quantitative estimate of drug-likeness (QED) is 0.422. The van der Waals surface area contributed by atoms with Gasteiger partial charge in [-0.2, -0.15) is 9.97 Å². The Hall–Kier alpha value is -4.03. The maximum Gasteiger partial charge on any atom is 0.571 e. The van der Waals surface area contributed by atoms with E-state index in [1.54, 1.807) is 0 Å². The number of aromatic nitrogens is 3. The van der Waals surface area contributed by atoms with Gasteiger partial charge in [0, 0.05) is 11.1 Å². The lowest BCUT2D eigenvalue weighted by atomic mass is 10.0. The summed E-state index contributed by atoms with van der Waals surface area (Å²) in [5, 5.41) is 11.2. The first kappa shape index (κ1) is 19.0. The molecule has 4 aromatic carbocycles. The monoisotopic (exact) mass is 402 g/mol. The highest BCUT2D eigenvalue weighted by Gasteiger charge is 2.14. The molecule has 31 heavy (non-hydrogen) atoms. The zero-order chi connectivity index (χ0) is 21.0. The van der Waals surface area contributed by atoms with E-state index in [0.29, 0.717) is 19.3 Å². The second-order valence-electron chi connectivity index (χ2n) is 6.96. The summed E-state index contributed by atoms with van der Waals surface area (Å²) >= 11 is 0. The molecule has 0 saturated heterocycles. The lowest BCUT2D eigenvalue weighted by Crippen LogP contribution is -2.07. The standard InChI is InChI=1S/C25H17BN3O2/c30-26-31-25-28-23(20-15-13-18(14-16-20)17-7-2-1-3-8-17)27-24(29-25)22-12-6-10-19-9-4-5-11-21(19)22/h1-16,30H. The van der Waals surface area contributed by atoms with E-state index >= 15 is 0 Å². The van der Waals surface area contributed by atoms with Crippen LogP contribution in [-0.4, -0.2) is 27.7 Å². The first-order valence-corrected chi connectivity index (χ1v) is 9.84. The van der Waals surface area contributed by atoms with Crippen LogP contribution in [0.1, 0.15) is 0 Å². The van der Waals surface area contributed by atoms with Crippen LogP contribution in [0.2, 0.25) is 0 Å². The molecule has 1 aromatic heterocycles. The van der Waals surface area contributed by atoms with E-state index in [-0.39, 0.29) is 6.01 Å². The number of rotatable bonds is 5. The fourth-order valence-electron chi connectivity index (χ4n) is 3.57. The molecule has 0 atom stereocenters. The lowest BCUT2D eigenvalue weighted by Gasteiger charge is -2.10. The fourth-order valence-corrected chi connectivity index (χ4v) is 3.57. The Morgan fingerprint density at radius 1 is 0.581 bits per heavy atom. The summed E-state index contributed by atoms with van der Waals surface area (Å²) in [5.41, 5.74) is 3.93. The highest BCUT2D eigenvalue weighted by Crippen LogP contribution is 2.29. The van der Waals surface area contributed by atoms with E-state index in [9.17, 15) is 0 Å². The van der Waals surface area contributed by atoms with E-state index in [1.165, 1.54) is 0 Å². The van der Waals surface area contributed by atoms with Crippen molar-refractivity contribution in [1.29, 1.82) is 0 Å². The third-order valence-corrected chi connectivity index (χ3v) is 5.05. The minimum atomic E-state index is 0.0302. The Bertz CT molecular complexity index is 1340. The summed E-state index contributed by atoms with van der Waals surface area (Å²) in [6.07, 6.45) is 0. The molecule has 1 radical (unpaired) electrons. The second kappa shape index (κ2) is 8.38. The molecule has 0 unspecified atom stereocenters. The van der Waals surface area contributed by atoms with Gasteiger partial charge in [-0.05, 0) is 21.9 Å². The SMILES string of the molecule is O[B]Oc1nc(-c2ccc(-c3ccccc3)cc2)nc(-c2cccc3ccccc23)n1. The van der Waals surface area contributed by atoms with E-state index < -0.39 is 0 Å². The minimum Gasteiger partial charge on any atom is -0.508 e. The van der Waals surface area contributed by atoms with Gasteiger partial charge in [0.15, 0.2) is 11.6 Å². The first-order chi connectivity index (χ1) is 15.3. The molecule has 0 spiro atoms.